The van der Waals surface area contributed by atoms with E-state index in [1.807, 2.05) is 48.5 Å². The molecule has 1 aliphatic rings. The number of hydrogen-bond donors (Lipinski definition) is 1. The zero-order valence-electron chi connectivity index (χ0n) is 13.9. The van der Waals surface area contributed by atoms with Crippen molar-refractivity contribution < 1.29 is 9.59 Å². The Hall–Kier alpha value is -2.73. The van der Waals surface area contributed by atoms with E-state index in [4.69, 9.17) is 0 Å². The number of rotatable bonds is 3. The maximum atomic E-state index is 12.7. The molecule has 2 amide bonds. The molecule has 1 N–H and O–H groups in total. The normalized spacial score (nSPS) is 16.9. The smallest absolute Gasteiger partial charge is 0.229 e. The van der Waals surface area contributed by atoms with Crippen molar-refractivity contribution in [3.05, 3.63) is 65.4 Å². The molecule has 1 aliphatic heterocycles. The summed E-state index contributed by atoms with van der Waals surface area (Å²) in [6, 6.07) is 15.1. The number of aromatic nitrogens is 1. The van der Waals surface area contributed by atoms with Crippen molar-refractivity contribution >= 4 is 49.9 Å². The van der Waals surface area contributed by atoms with Gasteiger partial charge in [-0.1, -0.05) is 24.3 Å². The van der Waals surface area contributed by atoms with Crippen LogP contribution in [0.3, 0.4) is 0 Å². The monoisotopic (exact) mass is 409 g/mol. The Labute approximate surface area is 159 Å². The summed E-state index contributed by atoms with van der Waals surface area (Å²) in [6.45, 7) is 0.375. The SMILES string of the molecule is O=C(Nc1cccc2cnccc12)[C@@H]1CC(=O)N(c2ccccc2Br)C1. The average Bonchev–Trinajstić information content (AvgIpc) is 3.04. The van der Waals surface area contributed by atoms with Crippen molar-refractivity contribution in [3.8, 4) is 0 Å². The maximum Gasteiger partial charge on any atom is 0.229 e. The lowest BCUT2D eigenvalue weighted by atomic mass is 10.1. The van der Waals surface area contributed by atoms with Gasteiger partial charge in [-0.2, -0.15) is 0 Å². The summed E-state index contributed by atoms with van der Waals surface area (Å²) >= 11 is 3.47. The first-order chi connectivity index (χ1) is 12.6. The number of halogens is 1. The summed E-state index contributed by atoms with van der Waals surface area (Å²) in [5, 5.41) is 4.87. The average molecular weight is 410 g/mol. The summed E-state index contributed by atoms with van der Waals surface area (Å²) in [4.78, 5) is 30.9. The molecule has 0 radical (unpaired) electrons. The molecule has 0 spiro atoms. The topological polar surface area (TPSA) is 62.3 Å². The number of carbonyl (C=O) groups excluding carboxylic acids is 2. The number of fused-ring (bicyclic) bond motifs is 1. The van der Waals surface area contributed by atoms with Crippen molar-refractivity contribution in [2.75, 3.05) is 16.8 Å². The van der Waals surface area contributed by atoms with Crippen LogP contribution in [0.1, 0.15) is 6.42 Å². The Morgan fingerprint density at radius 2 is 2.00 bits per heavy atom. The van der Waals surface area contributed by atoms with Crippen LogP contribution in [0.25, 0.3) is 10.8 Å². The number of anilines is 2. The highest BCUT2D eigenvalue weighted by Gasteiger charge is 2.35. The predicted molar refractivity (Wildman–Crippen MR) is 105 cm³/mol. The molecule has 0 aliphatic carbocycles. The molecule has 0 bridgehead atoms. The zero-order chi connectivity index (χ0) is 18.1. The van der Waals surface area contributed by atoms with E-state index in [1.54, 1.807) is 17.3 Å². The summed E-state index contributed by atoms with van der Waals surface area (Å²) in [5.41, 5.74) is 1.53. The lowest BCUT2D eigenvalue weighted by molar-refractivity contribution is -0.122. The Bertz CT molecular complexity index is 1000. The summed E-state index contributed by atoms with van der Waals surface area (Å²) in [5.74, 6) is -0.567. The highest BCUT2D eigenvalue weighted by atomic mass is 79.9. The highest BCUT2D eigenvalue weighted by molar-refractivity contribution is 9.10. The van der Waals surface area contributed by atoms with Crippen molar-refractivity contribution in [1.29, 1.82) is 0 Å². The van der Waals surface area contributed by atoms with Gasteiger partial charge in [0.05, 0.1) is 11.6 Å². The van der Waals surface area contributed by atoms with Crippen LogP contribution in [0.4, 0.5) is 11.4 Å². The second kappa shape index (κ2) is 6.88. The van der Waals surface area contributed by atoms with Crippen LogP contribution < -0.4 is 10.2 Å². The van der Waals surface area contributed by atoms with E-state index < -0.39 is 0 Å². The van der Waals surface area contributed by atoms with Crippen LogP contribution >= 0.6 is 15.9 Å². The highest BCUT2D eigenvalue weighted by Crippen LogP contribution is 2.32. The minimum absolute atomic E-state index is 0.0424. The molecule has 5 nitrogen and oxygen atoms in total. The number of pyridine rings is 1. The summed E-state index contributed by atoms with van der Waals surface area (Å²) < 4.78 is 0.843. The van der Waals surface area contributed by atoms with Gasteiger partial charge in [0.2, 0.25) is 11.8 Å². The second-order valence-corrected chi connectivity index (χ2v) is 7.10. The lowest BCUT2D eigenvalue weighted by Crippen LogP contribution is -2.28. The van der Waals surface area contributed by atoms with Crippen molar-refractivity contribution in [2.24, 2.45) is 5.92 Å². The van der Waals surface area contributed by atoms with Gasteiger partial charge in [0.25, 0.3) is 0 Å². The summed E-state index contributed by atoms with van der Waals surface area (Å²) in [6.07, 6.45) is 3.67. The van der Waals surface area contributed by atoms with Gasteiger partial charge in [-0.15, -0.1) is 0 Å². The third kappa shape index (κ3) is 3.08. The van der Waals surface area contributed by atoms with Crippen LogP contribution in [0, 0.1) is 5.92 Å². The van der Waals surface area contributed by atoms with Crippen molar-refractivity contribution in [3.63, 3.8) is 0 Å². The van der Waals surface area contributed by atoms with E-state index in [1.165, 1.54) is 0 Å². The molecular weight excluding hydrogens is 394 g/mol. The Kier molecular flexibility index (Phi) is 4.42. The first-order valence-electron chi connectivity index (χ1n) is 8.32. The minimum Gasteiger partial charge on any atom is -0.325 e. The van der Waals surface area contributed by atoms with E-state index in [2.05, 4.69) is 26.2 Å². The number of amides is 2. The largest absolute Gasteiger partial charge is 0.325 e. The van der Waals surface area contributed by atoms with Gasteiger partial charge < -0.3 is 10.2 Å². The first kappa shape index (κ1) is 16.7. The standard InChI is InChI=1S/C20H16BrN3O2/c21-16-5-1-2-7-18(16)24-12-14(10-19(24)25)20(26)23-17-6-3-4-13-11-22-9-8-15(13)17/h1-9,11,14H,10,12H2,(H,23,26)/t14-/m1/s1. The van der Waals surface area contributed by atoms with Crippen molar-refractivity contribution in [1.82, 2.24) is 4.98 Å². The molecule has 0 saturated carbocycles. The Morgan fingerprint density at radius 1 is 1.15 bits per heavy atom. The molecule has 3 aromatic rings. The fourth-order valence-electron chi connectivity index (χ4n) is 3.25. The van der Waals surface area contributed by atoms with Gasteiger partial charge >= 0.3 is 0 Å². The van der Waals surface area contributed by atoms with Gasteiger partial charge in [-0.05, 0) is 40.2 Å². The minimum atomic E-state index is -0.383. The van der Waals surface area contributed by atoms with Crippen molar-refractivity contribution in [2.45, 2.75) is 6.42 Å². The fourth-order valence-corrected chi connectivity index (χ4v) is 3.75. The number of benzene rings is 2. The quantitative estimate of drug-likeness (QED) is 0.711. The number of para-hydroxylation sites is 1. The van der Waals surface area contributed by atoms with E-state index >= 15 is 0 Å². The molecule has 1 saturated heterocycles. The number of carbonyl (C=O) groups is 2. The number of hydrogen-bond acceptors (Lipinski definition) is 3. The number of nitrogens with one attached hydrogen (secondary N) is 1. The molecule has 6 heteroatoms. The van der Waals surface area contributed by atoms with Crippen LogP contribution in [-0.4, -0.2) is 23.3 Å². The van der Waals surface area contributed by atoms with Crippen LogP contribution in [-0.2, 0) is 9.59 Å². The Balaban J connectivity index is 1.54. The third-order valence-corrected chi connectivity index (χ3v) is 5.25. The van der Waals surface area contributed by atoms with Gasteiger partial charge in [0.15, 0.2) is 0 Å². The molecule has 0 unspecified atom stereocenters. The molecular formula is C20H16BrN3O2. The number of nitrogens with zero attached hydrogens (tertiary/aromatic N) is 2. The lowest BCUT2D eigenvalue weighted by Gasteiger charge is -2.18. The zero-order valence-corrected chi connectivity index (χ0v) is 15.4. The first-order valence-corrected chi connectivity index (χ1v) is 9.11. The molecule has 4 rings (SSSR count). The molecule has 1 atom stereocenters. The Morgan fingerprint density at radius 3 is 2.85 bits per heavy atom. The van der Waals surface area contributed by atoms with E-state index in [-0.39, 0.29) is 24.2 Å². The van der Waals surface area contributed by atoms with Crippen LogP contribution in [0.15, 0.2) is 65.4 Å². The molecule has 1 fully saturated rings. The van der Waals surface area contributed by atoms with Gasteiger partial charge in [-0.3, -0.25) is 14.6 Å². The molecule has 1 aromatic heterocycles. The van der Waals surface area contributed by atoms with Gasteiger partial charge in [0.1, 0.15) is 0 Å². The maximum absolute atomic E-state index is 12.7. The third-order valence-electron chi connectivity index (χ3n) is 4.58. The van der Waals surface area contributed by atoms with E-state index in [0.717, 1.165) is 26.6 Å². The second-order valence-electron chi connectivity index (χ2n) is 6.25. The van der Waals surface area contributed by atoms with E-state index in [0.29, 0.717) is 6.54 Å². The molecule has 26 heavy (non-hydrogen) atoms. The molecule has 130 valence electrons. The predicted octanol–water partition coefficient (Wildman–Crippen LogP) is 3.99. The molecule has 2 heterocycles. The fraction of sp³-hybridized carbons (Fsp3) is 0.150. The van der Waals surface area contributed by atoms with Gasteiger partial charge in [-0.25, -0.2) is 0 Å². The summed E-state index contributed by atoms with van der Waals surface area (Å²) in [7, 11) is 0. The van der Waals surface area contributed by atoms with E-state index in [9.17, 15) is 9.59 Å². The molecule has 2 aromatic carbocycles. The van der Waals surface area contributed by atoms with Crippen LogP contribution in [0.5, 0.6) is 0 Å². The van der Waals surface area contributed by atoms with Gasteiger partial charge in [0, 0.05) is 46.3 Å². The van der Waals surface area contributed by atoms with Crippen LogP contribution in [0.2, 0.25) is 0 Å².